The van der Waals surface area contributed by atoms with Crippen LogP contribution in [0.3, 0.4) is 0 Å². The van der Waals surface area contributed by atoms with E-state index < -0.39 is 6.29 Å². The molecule has 0 radical (unpaired) electrons. The summed E-state index contributed by atoms with van der Waals surface area (Å²) < 4.78 is 12.8. The summed E-state index contributed by atoms with van der Waals surface area (Å²) in [6.45, 7) is 3.03. The number of ether oxygens (including phenoxy) is 2. The largest absolute Gasteiger partial charge is 0.399 e. The quantitative estimate of drug-likeness (QED) is 0.514. The molecule has 1 fully saturated rings. The molecule has 4 rings (SSSR count). The summed E-state index contributed by atoms with van der Waals surface area (Å²) in [6, 6.07) is 26.4. The lowest BCUT2D eigenvalue weighted by Crippen LogP contribution is -2.38. The van der Waals surface area contributed by atoms with Crippen molar-refractivity contribution in [3.63, 3.8) is 0 Å². The van der Waals surface area contributed by atoms with Crippen LogP contribution in [0.4, 0.5) is 5.69 Å². The number of rotatable bonds is 7. The van der Waals surface area contributed by atoms with Crippen LogP contribution in [0.2, 0.25) is 0 Å². The average Bonchev–Trinajstić information content (AvgIpc) is 2.84. The van der Waals surface area contributed by atoms with Crippen molar-refractivity contribution in [2.45, 2.75) is 44.5 Å². The third-order valence-corrected chi connectivity index (χ3v) is 6.23. The molecule has 32 heavy (non-hydrogen) atoms. The Balaban J connectivity index is 1.54. The topological polar surface area (TPSA) is 68.0 Å². The number of nitrogens with zero attached hydrogens (tertiary/aromatic N) is 1. The number of aliphatic hydroxyl groups excluding tert-OH is 1. The maximum Gasteiger partial charge on any atom is 0.185 e. The number of hydrogen-bond donors (Lipinski definition) is 2. The summed E-state index contributed by atoms with van der Waals surface area (Å²) in [7, 11) is 2.14. The third-order valence-electron chi connectivity index (χ3n) is 6.23. The van der Waals surface area contributed by atoms with Crippen LogP contribution < -0.4 is 5.73 Å². The molecule has 0 aliphatic carbocycles. The predicted octanol–water partition coefficient (Wildman–Crippen LogP) is 5.00. The molecular formula is C27H32N2O3. The van der Waals surface area contributed by atoms with Crippen molar-refractivity contribution in [2.75, 3.05) is 19.3 Å². The van der Waals surface area contributed by atoms with Gasteiger partial charge in [0.05, 0.1) is 18.8 Å². The first-order chi connectivity index (χ1) is 15.5. The zero-order chi connectivity index (χ0) is 22.5. The Hall–Kier alpha value is -2.70. The maximum atomic E-state index is 9.37. The zero-order valence-corrected chi connectivity index (χ0v) is 18.7. The van der Waals surface area contributed by atoms with Crippen LogP contribution >= 0.6 is 0 Å². The van der Waals surface area contributed by atoms with Crippen molar-refractivity contribution in [3.05, 3.63) is 101 Å². The van der Waals surface area contributed by atoms with Crippen molar-refractivity contribution in [1.29, 1.82) is 0 Å². The molecule has 5 nitrogen and oxygen atoms in total. The van der Waals surface area contributed by atoms with Crippen LogP contribution in [-0.2, 0) is 16.1 Å². The minimum atomic E-state index is -0.486. The minimum Gasteiger partial charge on any atom is -0.399 e. The van der Waals surface area contributed by atoms with E-state index in [0.717, 1.165) is 29.7 Å². The number of hydrogen-bond acceptors (Lipinski definition) is 5. The summed E-state index contributed by atoms with van der Waals surface area (Å²) in [5, 5.41) is 9.37. The van der Waals surface area contributed by atoms with E-state index in [1.807, 2.05) is 54.6 Å². The van der Waals surface area contributed by atoms with E-state index in [9.17, 15) is 5.11 Å². The molecule has 0 saturated carbocycles. The summed E-state index contributed by atoms with van der Waals surface area (Å²) in [5.74, 6) is 0. The van der Waals surface area contributed by atoms with Crippen molar-refractivity contribution in [1.82, 2.24) is 4.90 Å². The maximum absolute atomic E-state index is 9.37. The smallest absolute Gasteiger partial charge is 0.185 e. The molecule has 4 unspecified atom stereocenters. The zero-order valence-electron chi connectivity index (χ0n) is 18.7. The first-order valence-corrected chi connectivity index (χ1v) is 11.1. The number of anilines is 1. The standard InChI is InChI=1S/C27H32N2O3/c1-19(21-7-4-3-5-8-21)29(2)17-25-16-26(22-13-11-20(18-30)12-14-22)32-27(31-25)23-9-6-10-24(28)15-23/h3-15,19,25-27,30H,16-18,28H2,1-2H3. The van der Waals surface area contributed by atoms with Gasteiger partial charge < -0.3 is 20.3 Å². The van der Waals surface area contributed by atoms with Gasteiger partial charge in [0.2, 0.25) is 0 Å². The molecule has 1 heterocycles. The molecule has 168 valence electrons. The van der Waals surface area contributed by atoms with Gasteiger partial charge in [-0.1, -0.05) is 66.7 Å². The molecule has 1 aliphatic heterocycles. The summed E-state index contributed by atoms with van der Waals surface area (Å²) in [4.78, 5) is 2.33. The van der Waals surface area contributed by atoms with Gasteiger partial charge in [-0.15, -0.1) is 0 Å². The van der Waals surface area contributed by atoms with Crippen molar-refractivity contribution in [2.24, 2.45) is 0 Å². The van der Waals surface area contributed by atoms with Gasteiger partial charge in [0, 0.05) is 30.3 Å². The van der Waals surface area contributed by atoms with E-state index in [4.69, 9.17) is 15.2 Å². The fourth-order valence-electron chi connectivity index (χ4n) is 4.20. The van der Waals surface area contributed by atoms with Gasteiger partial charge in [-0.25, -0.2) is 0 Å². The van der Waals surface area contributed by atoms with E-state index in [1.165, 1.54) is 5.56 Å². The van der Waals surface area contributed by atoms with Gasteiger partial charge in [-0.2, -0.15) is 0 Å². The second kappa shape index (κ2) is 10.3. The van der Waals surface area contributed by atoms with Crippen LogP contribution in [0.1, 0.15) is 54.0 Å². The van der Waals surface area contributed by atoms with Crippen LogP contribution in [-0.4, -0.2) is 29.7 Å². The fraction of sp³-hybridized carbons (Fsp3) is 0.333. The Morgan fingerprint density at radius 2 is 1.72 bits per heavy atom. The molecule has 3 N–H and O–H groups in total. The van der Waals surface area contributed by atoms with Gasteiger partial charge in [-0.05, 0) is 42.8 Å². The van der Waals surface area contributed by atoms with Gasteiger partial charge in [0.1, 0.15) is 0 Å². The molecule has 1 saturated heterocycles. The normalized spacial score (nSPS) is 22.1. The van der Waals surface area contributed by atoms with Gasteiger partial charge in [0.15, 0.2) is 6.29 Å². The van der Waals surface area contributed by atoms with Crippen LogP contribution in [0.5, 0.6) is 0 Å². The number of likely N-dealkylation sites (N-methyl/N-ethyl adjacent to an activating group) is 1. The molecular weight excluding hydrogens is 400 g/mol. The first-order valence-electron chi connectivity index (χ1n) is 11.1. The lowest BCUT2D eigenvalue weighted by Gasteiger charge is -2.39. The summed E-state index contributed by atoms with van der Waals surface area (Å²) in [5.41, 5.74) is 10.9. The molecule has 5 heteroatoms. The Labute approximate surface area is 190 Å². The predicted molar refractivity (Wildman–Crippen MR) is 127 cm³/mol. The fourth-order valence-corrected chi connectivity index (χ4v) is 4.20. The average molecular weight is 433 g/mol. The highest BCUT2D eigenvalue weighted by atomic mass is 16.7. The van der Waals surface area contributed by atoms with Crippen LogP contribution in [0.25, 0.3) is 0 Å². The molecule has 1 aliphatic rings. The second-order valence-electron chi connectivity index (χ2n) is 8.55. The number of benzene rings is 3. The van der Waals surface area contributed by atoms with Crippen molar-refractivity contribution >= 4 is 5.69 Å². The van der Waals surface area contributed by atoms with Crippen LogP contribution in [0.15, 0.2) is 78.9 Å². The SMILES string of the molecule is CC(c1ccccc1)N(C)CC1CC(c2ccc(CO)cc2)OC(c2cccc(N)c2)O1. The monoisotopic (exact) mass is 432 g/mol. The van der Waals surface area contributed by atoms with E-state index in [0.29, 0.717) is 5.69 Å². The molecule has 3 aromatic rings. The van der Waals surface area contributed by atoms with Gasteiger partial charge in [-0.3, -0.25) is 4.90 Å². The van der Waals surface area contributed by atoms with Gasteiger partial charge in [0.25, 0.3) is 0 Å². The second-order valence-corrected chi connectivity index (χ2v) is 8.55. The Morgan fingerprint density at radius 3 is 2.41 bits per heavy atom. The first kappa shape index (κ1) is 22.5. The van der Waals surface area contributed by atoms with Gasteiger partial charge >= 0.3 is 0 Å². The van der Waals surface area contributed by atoms with E-state index >= 15 is 0 Å². The number of nitrogen functional groups attached to an aromatic ring is 1. The molecule has 0 bridgehead atoms. The lowest BCUT2D eigenvalue weighted by atomic mass is 9.99. The van der Waals surface area contributed by atoms with E-state index in [2.05, 4.69) is 43.1 Å². The van der Waals surface area contributed by atoms with E-state index in [-0.39, 0.29) is 24.9 Å². The summed E-state index contributed by atoms with van der Waals surface area (Å²) in [6.07, 6.45) is 0.158. The molecule has 0 spiro atoms. The van der Waals surface area contributed by atoms with Crippen LogP contribution in [0, 0.1) is 0 Å². The van der Waals surface area contributed by atoms with E-state index in [1.54, 1.807) is 0 Å². The lowest BCUT2D eigenvalue weighted by molar-refractivity contribution is -0.253. The molecule has 0 amide bonds. The molecule has 4 atom stereocenters. The number of nitrogens with two attached hydrogens (primary N) is 1. The third kappa shape index (κ3) is 5.37. The van der Waals surface area contributed by atoms with Crippen molar-refractivity contribution < 1.29 is 14.6 Å². The highest BCUT2D eigenvalue weighted by Gasteiger charge is 2.33. The highest BCUT2D eigenvalue weighted by Crippen LogP contribution is 2.38. The Kier molecular flexibility index (Phi) is 7.22. The molecule has 0 aromatic heterocycles. The minimum absolute atomic E-state index is 0.00568. The summed E-state index contributed by atoms with van der Waals surface area (Å²) >= 11 is 0. The Morgan fingerprint density at radius 1 is 0.969 bits per heavy atom. The van der Waals surface area contributed by atoms with Crippen molar-refractivity contribution in [3.8, 4) is 0 Å². The molecule has 3 aromatic carbocycles. The number of aliphatic hydroxyl groups is 1. The Bertz CT molecular complexity index is 993. The highest BCUT2D eigenvalue weighted by molar-refractivity contribution is 5.41.